The van der Waals surface area contributed by atoms with E-state index in [1.165, 1.54) is 0 Å². The zero-order chi connectivity index (χ0) is 12.4. The van der Waals surface area contributed by atoms with E-state index in [-0.39, 0.29) is 5.82 Å². The molecule has 3 nitrogen and oxygen atoms in total. The van der Waals surface area contributed by atoms with E-state index in [1.807, 2.05) is 24.3 Å². The van der Waals surface area contributed by atoms with Crippen LogP contribution in [0.25, 0.3) is 11.3 Å². The van der Waals surface area contributed by atoms with E-state index in [0.29, 0.717) is 21.5 Å². The number of ether oxygens (including phenoxy) is 1. The summed E-state index contributed by atoms with van der Waals surface area (Å²) in [6.07, 6.45) is 0. The third-order valence-corrected chi connectivity index (χ3v) is 2.91. The highest BCUT2D eigenvalue weighted by Crippen LogP contribution is 2.35. The van der Waals surface area contributed by atoms with Gasteiger partial charge in [-0.3, -0.25) is 0 Å². The summed E-state index contributed by atoms with van der Waals surface area (Å²) in [4.78, 5) is 4.18. The van der Waals surface area contributed by atoms with E-state index < -0.39 is 0 Å². The average molecular weight is 269 g/mol. The van der Waals surface area contributed by atoms with Crippen LogP contribution in [0.1, 0.15) is 0 Å². The summed E-state index contributed by atoms with van der Waals surface area (Å²) in [5.74, 6) is 0.931. The van der Waals surface area contributed by atoms with E-state index >= 15 is 0 Å². The molecular weight excluding hydrogens is 259 g/mol. The number of hydrogen-bond donors (Lipinski definition) is 1. The van der Waals surface area contributed by atoms with Crippen LogP contribution < -0.4 is 10.5 Å². The van der Waals surface area contributed by atoms with E-state index in [4.69, 9.17) is 33.7 Å². The number of aromatic nitrogens is 1. The third-order valence-electron chi connectivity index (χ3n) is 2.32. The summed E-state index contributed by atoms with van der Waals surface area (Å²) in [5.41, 5.74) is 7.02. The fourth-order valence-electron chi connectivity index (χ4n) is 1.51. The minimum atomic E-state index is 0.247. The van der Waals surface area contributed by atoms with Gasteiger partial charge in [-0.2, -0.15) is 0 Å². The summed E-state index contributed by atoms with van der Waals surface area (Å²) in [6.45, 7) is 0. The molecule has 2 N–H and O–H groups in total. The van der Waals surface area contributed by atoms with Gasteiger partial charge in [0.05, 0.1) is 22.8 Å². The summed E-state index contributed by atoms with van der Waals surface area (Å²) >= 11 is 12.0. The second-order valence-corrected chi connectivity index (χ2v) is 4.20. The lowest BCUT2D eigenvalue weighted by Crippen LogP contribution is -1.96. The minimum absolute atomic E-state index is 0.247. The quantitative estimate of drug-likeness (QED) is 0.905. The highest BCUT2D eigenvalue weighted by molar-refractivity contribution is 6.37. The Balaban J connectivity index is 2.64. The van der Waals surface area contributed by atoms with Crippen LogP contribution in [-0.2, 0) is 0 Å². The van der Waals surface area contributed by atoms with Gasteiger partial charge in [0, 0.05) is 5.56 Å². The first-order chi connectivity index (χ1) is 8.13. The Labute approximate surface area is 109 Å². The molecule has 0 radical (unpaired) electrons. The van der Waals surface area contributed by atoms with E-state index in [0.717, 1.165) is 5.56 Å². The lowest BCUT2D eigenvalue weighted by molar-refractivity contribution is 0.416. The first-order valence-corrected chi connectivity index (χ1v) is 5.64. The molecule has 17 heavy (non-hydrogen) atoms. The molecule has 5 heteroatoms. The molecule has 1 aromatic carbocycles. The highest BCUT2D eigenvalue weighted by Gasteiger charge is 2.12. The molecule has 0 saturated heterocycles. The van der Waals surface area contributed by atoms with Gasteiger partial charge < -0.3 is 10.5 Å². The van der Waals surface area contributed by atoms with Crippen molar-refractivity contribution in [2.45, 2.75) is 0 Å². The summed E-state index contributed by atoms with van der Waals surface area (Å²) in [6, 6.07) is 9.02. The number of nitrogens with zero attached hydrogens (tertiary/aromatic N) is 1. The lowest BCUT2D eigenvalue weighted by atomic mass is 10.1. The molecule has 0 aliphatic carbocycles. The summed E-state index contributed by atoms with van der Waals surface area (Å²) in [5, 5.41) is 0.780. The smallest absolute Gasteiger partial charge is 0.143 e. The molecule has 0 fully saturated rings. The highest BCUT2D eigenvalue weighted by atomic mass is 35.5. The normalized spacial score (nSPS) is 10.3. The van der Waals surface area contributed by atoms with Gasteiger partial charge in [0.1, 0.15) is 11.6 Å². The molecule has 2 rings (SSSR count). The maximum Gasteiger partial charge on any atom is 0.143 e. The second kappa shape index (κ2) is 4.82. The van der Waals surface area contributed by atoms with Crippen molar-refractivity contribution in [1.29, 1.82) is 0 Å². The van der Waals surface area contributed by atoms with Crippen LogP contribution in [0.15, 0.2) is 30.3 Å². The molecular formula is C12H10Cl2N2O. The average Bonchev–Trinajstić information content (AvgIpc) is 2.34. The monoisotopic (exact) mass is 268 g/mol. The van der Waals surface area contributed by atoms with Crippen LogP contribution in [0.3, 0.4) is 0 Å². The summed E-state index contributed by atoms with van der Waals surface area (Å²) in [7, 11) is 1.59. The topological polar surface area (TPSA) is 48.1 Å². The predicted octanol–water partition coefficient (Wildman–Crippen LogP) is 3.65. The zero-order valence-corrected chi connectivity index (χ0v) is 10.6. The molecule has 1 aromatic heterocycles. The third kappa shape index (κ3) is 2.30. The van der Waals surface area contributed by atoms with Crippen molar-refractivity contribution in [3.8, 4) is 17.0 Å². The first-order valence-electron chi connectivity index (χ1n) is 4.88. The van der Waals surface area contributed by atoms with Gasteiger partial charge in [0.2, 0.25) is 0 Å². The number of methoxy groups -OCH3 is 1. The molecule has 0 aliphatic rings. The van der Waals surface area contributed by atoms with E-state index in [9.17, 15) is 0 Å². The maximum atomic E-state index is 6.11. The Morgan fingerprint density at radius 1 is 1.18 bits per heavy atom. The largest absolute Gasteiger partial charge is 0.496 e. The minimum Gasteiger partial charge on any atom is -0.496 e. The number of hydrogen-bond acceptors (Lipinski definition) is 3. The lowest BCUT2D eigenvalue weighted by Gasteiger charge is -2.10. The van der Waals surface area contributed by atoms with Crippen molar-refractivity contribution >= 4 is 29.0 Å². The van der Waals surface area contributed by atoms with Crippen LogP contribution in [0, 0.1) is 0 Å². The molecule has 0 saturated carbocycles. The van der Waals surface area contributed by atoms with Gasteiger partial charge >= 0.3 is 0 Å². The number of benzene rings is 1. The molecule has 0 unspecified atom stereocenters. The van der Waals surface area contributed by atoms with Gasteiger partial charge in [-0.05, 0) is 18.2 Å². The van der Waals surface area contributed by atoms with Gasteiger partial charge in [0.25, 0.3) is 0 Å². The Hall–Kier alpha value is -1.45. The molecule has 1 heterocycles. The number of anilines is 1. The van der Waals surface area contributed by atoms with E-state index in [2.05, 4.69) is 4.98 Å². The number of pyridine rings is 1. The molecule has 2 aromatic rings. The molecule has 0 atom stereocenters. The Morgan fingerprint density at radius 2 is 1.88 bits per heavy atom. The van der Waals surface area contributed by atoms with Crippen molar-refractivity contribution in [2.75, 3.05) is 12.8 Å². The molecule has 0 aliphatic heterocycles. The first kappa shape index (κ1) is 12.0. The van der Waals surface area contributed by atoms with Gasteiger partial charge in [-0.1, -0.05) is 35.3 Å². The number of rotatable bonds is 2. The summed E-state index contributed by atoms with van der Waals surface area (Å²) < 4.78 is 5.25. The van der Waals surface area contributed by atoms with Gasteiger partial charge in [-0.25, -0.2) is 4.98 Å². The number of nitrogen functional groups attached to an aromatic ring is 1. The van der Waals surface area contributed by atoms with Crippen LogP contribution in [0.5, 0.6) is 5.75 Å². The van der Waals surface area contributed by atoms with Crippen molar-refractivity contribution < 1.29 is 4.74 Å². The van der Waals surface area contributed by atoms with Crippen LogP contribution in [-0.4, -0.2) is 12.1 Å². The predicted molar refractivity (Wildman–Crippen MR) is 70.7 cm³/mol. The standard InChI is InChI=1S/C12H10Cl2N2O/c1-17-10-5-3-2-4-7(10)11-8(13)6-9(14)12(15)16-11/h2-6H,1H3,(H2,15,16). The van der Waals surface area contributed by atoms with Crippen LogP contribution in [0.4, 0.5) is 5.82 Å². The fraction of sp³-hybridized carbons (Fsp3) is 0.0833. The molecule has 0 amide bonds. The van der Waals surface area contributed by atoms with Crippen molar-refractivity contribution in [3.63, 3.8) is 0 Å². The van der Waals surface area contributed by atoms with Crippen LogP contribution in [0.2, 0.25) is 10.0 Å². The Morgan fingerprint density at radius 3 is 2.59 bits per heavy atom. The number of nitrogens with two attached hydrogens (primary N) is 1. The van der Waals surface area contributed by atoms with E-state index in [1.54, 1.807) is 13.2 Å². The molecule has 0 spiro atoms. The van der Waals surface area contributed by atoms with Gasteiger partial charge in [-0.15, -0.1) is 0 Å². The Bertz CT molecular complexity index is 558. The Kier molecular flexibility index (Phi) is 3.41. The van der Waals surface area contributed by atoms with Crippen molar-refractivity contribution in [2.24, 2.45) is 0 Å². The number of para-hydroxylation sites is 1. The van der Waals surface area contributed by atoms with Gasteiger partial charge in [0.15, 0.2) is 0 Å². The van der Waals surface area contributed by atoms with Crippen molar-refractivity contribution in [3.05, 3.63) is 40.4 Å². The fourth-order valence-corrected chi connectivity index (χ4v) is 1.97. The second-order valence-electron chi connectivity index (χ2n) is 3.39. The number of halogens is 2. The maximum absolute atomic E-state index is 6.11. The molecule has 0 bridgehead atoms. The van der Waals surface area contributed by atoms with Crippen molar-refractivity contribution in [1.82, 2.24) is 4.98 Å². The molecule has 88 valence electrons. The zero-order valence-electron chi connectivity index (χ0n) is 9.08. The van der Waals surface area contributed by atoms with Crippen LogP contribution >= 0.6 is 23.2 Å². The SMILES string of the molecule is COc1ccccc1-c1nc(N)c(Cl)cc1Cl.